The normalized spacial score (nSPS) is 12.8. The Kier molecular flexibility index (Phi) is 5.95. The molecule has 0 bridgehead atoms. The first-order valence-electron chi connectivity index (χ1n) is 7.55. The van der Waals surface area contributed by atoms with Gasteiger partial charge in [-0.3, -0.25) is 4.79 Å². The first-order valence-corrected chi connectivity index (χ1v) is 9.09. The Morgan fingerprint density at radius 1 is 1.20 bits per heavy atom. The van der Waals surface area contributed by atoms with Crippen molar-refractivity contribution in [1.29, 1.82) is 0 Å². The van der Waals surface area contributed by atoms with Crippen molar-refractivity contribution in [1.82, 2.24) is 5.32 Å². The van der Waals surface area contributed by atoms with Crippen LogP contribution in [0.3, 0.4) is 0 Å². The van der Waals surface area contributed by atoms with Gasteiger partial charge in [0.25, 0.3) is 0 Å². The maximum absolute atomic E-state index is 12.0. The van der Waals surface area contributed by atoms with Crippen molar-refractivity contribution < 1.29 is 17.9 Å². The highest BCUT2D eigenvalue weighted by Crippen LogP contribution is 2.16. The summed E-state index contributed by atoms with van der Waals surface area (Å²) in [5, 5.41) is 7.88. The zero-order valence-corrected chi connectivity index (χ0v) is 14.8. The molecule has 0 aliphatic carbocycles. The highest BCUT2D eigenvalue weighted by Gasteiger charge is 2.11. The smallest absolute Gasteiger partial charge is 0.244 e. The predicted molar refractivity (Wildman–Crippen MR) is 96.4 cm³/mol. The Morgan fingerprint density at radius 2 is 1.88 bits per heavy atom. The van der Waals surface area contributed by atoms with Gasteiger partial charge in [0, 0.05) is 6.08 Å². The lowest BCUT2D eigenvalue weighted by molar-refractivity contribution is -0.117. The summed E-state index contributed by atoms with van der Waals surface area (Å²) in [7, 11) is -2.14. The average molecular weight is 360 g/mol. The van der Waals surface area contributed by atoms with E-state index in [0.717, 1.165) is 11.1 Å². The van der Waals surface area contributed by atoms with E-state index >= 15 is 0 Å². The Bertz CT molecular complexity index is 874. The molecule has 0 saturated heterocycles. The van der Waals surface area contributed by atoms with Crippen molar-refractivity contribution in [2.24, 2.45) is 5.14 Å². The standard InChI is InChI=1S/C18H20N2O4S/c1-13(15-7-9-17(10-8-15)25(19,22)23)20-18(21)11-6-14-4-3-5-16(12-14)24-2/h3-13H,1-2H3,(H,20,21)(H2,19,22,23)/b11-6+. The van der Waals surface area contributed by atoms with E-state index in [1.54, 1.807) is 25.3 Å². The van der Waals surface area contributed by atoms with Crippen molar-refractivity contribution in [3.8, 4) is 5.75 Å². The first-order chi connectivity index (χ1) is 11.8. The van der Waals surface area contributed by atoms with E-state index in [4.69, 9.17) is 9.88 Å². The highest BCUT2D eigenvalue weighted by molar-refractivity contribution is 7.89. The summed E-state index contributed by atoms with van der Waals surface area (Å²) >= 11 is 0. The van der Waals surface area contributed by atoms with Gasteiger partial charge in [0.2, 0.25) is 15.9 Å². The van der Waals surface area contributed by atoms with Crippen LogP contribution in [0, 0.1) is 0 Å². The third-order valence-corrected chi connectivity index (χ3v) is 4.52. The molecular formula is C18H20N2O4S. The quantitative estimate of drug-likeness (QED) is 0.772. The van der Waals surface area contributed by atoms with Crippen molar-refractivity contribution in [2.45, 2.75) is 17.9 Å². The summed E-state index contributed by atoms with van der Waals surface area (Å²) in [5.74, 6) is 0.455. The summed E-state index contributed by atoms with van der Waals surface area (Å²) < 4.78 is 27.6. The number of methoxy groups -OCH3 is 1. The van der Waals surface area contributed by atoms with Gasteiger partial charge in [-0.1, -0.05) is 24.3 Å². The molecule has 132 valence electrons. The fourth-order valence-corrected chi connectivity index (χ4v) is 2.72. The fourth-order valence-electron chi connectivity index (χ4n) is 2.21. The number of carbonyl (C=O) groups is 1. The van der Waals surface area contributed by atoms with E-state index in [1.165, 1.54) is 18.2 Å². The number of rotatable bonds is 6. The Balaban J connectivity index is 2.00. The summed E-state index contributed by atoms with van der Waals surface area (Å²) in [5.41, 5.74) is 1.62. The number of nitrogens with two attached hydrogens (primary N) is 1. The van der Waals surface area contributed by atoms with E-state index in [1.807, 2.05) is 31.2 Å². The molecule has 0 aromatic heterocycles. The zero-order valence-electron chi connectivity index (χ0n) is 14.0. The van der Waals surface area contributed by atoms with Crippen LogP contribution in [0.5, 0.6) is 5.75 Å². The molecule has 7 heteroatoms. The zero-order chi connectivity index (χ0) is 18.4. The highest BCUT2D eigenvalue weighted by atomic mass is 32.2. The maximum atomic E-state index is 12.0. The monoisotopic (exact) mass is 360 g/mol. The molecule has 2 rings (SSSR count). The van der Waals surface area contributed by atoms with Gasteiger partial charge >= 0.3 is 0 Å². The number of carbonyl (C=O) groups excluding carboxylic acids is 1. The molecule has 0 fully saturated rings. The molecule has 0 aliphatic heterocycles. The lowest BCUT2D eigenvalue weighted by Gasteiger charge is -2.13. The number of hydrogen-bond acceptors (Lipinski definition) is 4. The molecule has 2 aromatic rings. The number of primary sulfonamides is 1. The van der Waals surface area contributed by atoms with Gasteiger partial charge in [-0.15, -0.1) is 0 Å². The van der Waals surface area contributed by atoms with Gasteiger partial charge in [0.1, 0.15) is 5.75 Å². The second kappa shape index (κ2) is 7.96. The van der Waals surface area contributed by atoms with E-state index < -0.39 is 10.0 Å². The SMILES string of the molecule is COc1cccc(/C=C/C(=O)NC(C)c2ccc(S(N)(=O)=O)cc2)c1. The van der Waals surface area contributed by atoms with Crippen LogP contribution in [0.2, 0.25) is 0 Å². The largest absolute Gasteiger partial charge is 0.497 e. The van der Waals surface area contributed by atoms with Gasteiger partial charge in [0.15, 0.2) is 0 Å². The van der Waals surface area contributed by atoms with Crippen LogP contribution in [0.4, 0.5) is 0 Å². The lowest BCUT2D eigenvalue weighted by atomic mass is 10.1. The van der Waals surface area contributed by atoms with Crippen molar-refractivity contribution in [3.63, 3.8) is 0 Å². The van der Waals surface area contributed by atoms with Crippen molar-refractivity contribution in [2.75, 3.05) is 7.11 Å². The lowest BCUT2D eigenvalue weighted by Crippen LogP contribution is -2.24. The summed E-state index contributed by atoms with van der Waals surface area (Å²) in [6.45, 7) is 1.81. The molecule has 0 aliphatic rings. The maximum Gasteiger partial charge on any atom is 0.244 e. The van der Waals surface area contributed by atoms with Crippen LogP contribution >= 0.6 is 0 Å². The topological polar surface area (TPSA) is 98.5 Å². The molecule has 0 saturated carbocycles. The molecule has 1 unspecified atom stereocenters. The molecule has 0 spiro atoms. The Hall–Kier alpha value is -2.64. The molecule has 1 amide bonds. The molecule has 1 atom stereocenters. The minimum Gasteiger partial charge on any atom is -0.497 e. The van der Waals surface area contributed by atoms with Crippen molar-refractivity contribution in [3.05, 3.63) is 65.7 Å². The molecule has 2 aromatic carbocycles. The number of benzene rings is 2. The van der Waals surface area contributed by atoms with Gasteiger partial charge < -0.3 is 10.1 Å². The van der Waals surface area contributed by atoms with Crippen molar-refractivity contribution >= 4 is 22.0 Å². The summed E-state index contributed by atoms with van der Waals surface area (Å²) in [6.07, 6.45) is 3.12. The number of ether oxygens (including phenoxy) is 1. The Morgan fingerprint density at radius 3 is 2.48 bits per heavy atom. The molecule has 0 heterocycles. The van der Waals surface area contributed by atoms with E-state index in [2.05, 4.69) is 5.32 Å². The van der Waals surface area contributed by atoms with Crippen LogP contribution in [0.25, 0.3) is 6.08 Å². The van der Waals surface area contributed by atoms with Crippen LogP contribution < -0.4 is 15.2 Å². The molecule has 3 N–H and O–H groups in total. The number of amides is 1. The third kappa shape index (κ3) is 5.44. The van der Waals surface area contributed by atoms with Crippen LogP contribution in [0.1, 0.15) is 24.1 Å². The molecule has 0 radical (unpaired) electrons. The summed E-state index contributed by atoms with van der Waals surface area (Å²) in [4.78, 5) is 12.1. The van der Waals surface area contributed by atoms with Gasteiger partial charge in [-0.2, -0.15) is 0 Å². The third-order valence-electron chi connectivity index (χ3n) is 3.59. The average Bonchev–Trinajstić information content (AvgIpc) is 2.59. The van der Waals surface area contributed by atoms with Gasteiger partial charge in [-0.25, -0.2) is 13.6 Å². The predicted octanol–water partition coefficient (Wildman–Crippen LogP) is 2.23. The fraction of sp³-hybridized carbons (Fsp3) is 0.167. The van der Waals surface area contributed by atoms with Crippen LogP contribution in [-0.4, -0.2) is 21.4 Å². The molecule has 25 heavy (non-hydrogen) atoms. The van der Waals surface area contributed by atoms with Gasteiger partial charge in [-0.05, 0) is 48.4 Å². The van der Waals surface area contributed by atoms with Crippen LogP contribution in [-0.2, 0) is 14.8 Å². The summed E-state index contributed by atoms with van der Waals surface area (Å²) in [6, 6.07) is 13.1. The van der Waals surface area contributed by atoms with E-state index in [0.29, 0.717) is 5.75 Å². The van der Waals surface area contributed by atoms with Crippen LogP contribution in [0.15, 0.2) is 59.5 Å². The number of nitrogens with one attached hydrogen (secondary N) is 1. The number of hydrogen-bond donors (Lipinski definition) is 2. The molecular weight excluding hydrogens is 340 g/mol. The minimum absolute atomic E-state index is 0.0349. The number of sulfonamides is 1. The minimum atomic E-state index is -3.72. The molecule has 6 nitrogen and oxygen atoms in total. The second-order valence-corrected chi connectivity index (χ2v) is 7.02. The van der Waals surface area contributed by atoms with E-state index in [-0.39, 0.29) is 16.8 Å². The Labute approximate surface area is 147 Å². The first kappa shape index (κ1) is 18.7. The van der Waals surface area contributed by atoms with E-state index in [9.17, 15) is 13.2 Å². The van der Waals surface area contributed by atoms with Gasteiger partial charge in [0.05, 0.1) is 18.0 Å². The second-order valence-electron chi connectivity index (χ2n) is 5.45.